The first kappa shape index (κ1) is 18.6. The van der Waals surface area contributed by atoms with Crippen LogP contribution in [0.15, 0.2) is 30.5 Å². The first-order valence-electron chi connectivity index (χ1n) is 7.97. The van der Waals surface area contributed by atoms with Gasteiger partial charge in [-0.2, -0.15) is 13.2 Å². The van der Waals surface area contributed by atoms with Crippen LogP contribution < -0.4 is 16.2 Å². The van der Waals surface area contributed by atoms with E-state index >= 15 is 0 Å². The third kappa shape index (κ3) is 3.16. The van der Waals surface area contributed by atoms with Gasteiger partial charge in [0.25, 0.3) is 0 Å². The van der Waals surface area contributed by atoms with Crippen LogP contribution in [0.4, 0.5) is 24.7 Å². The maximum absolute atomic E-state index is 13.4. The lowest BCUT2D eigenvalue weighted by Gasteiger charge is -2.18. The number of benzene rings is 1. The molecule has 0 bridgehead atoms. The van der Waals surface area contributed by atoms with Gasteiger partial charge >= 0.3 is 6.18 Å². The van der Waals surface area contributed by atoms with Crippen molar-refractivity contribution in [3.63, 3.8) is 0 Å². The molecule has 0 aliphatic carbocycles. The van der Waals surface area contributed by atoms with Crippen molar-refractivity contribution >= 4 is 11.5 Å². The van der Waals surface area contributed by atoms with Gasteiger partial charge in [-0.05, 0) is 38.1 Å². The molecule has 0 saturated carbocycles. The van der Waals surface area contributed by atoms with Crippen molar-refractivity contribution in [3.05, 3.63) is 47.4 Å². The highest BCUT2D eigenvalue weighted by molar-refractivity contribution is 5.75. The predicted molar refractivity (Wildman–Crippen MR) is 96.6 cm³/mol. The van der Waals surface area contributed by atoms with Gasteiger partial charge < -0.3 is 16.2 Å². The minimum atomic E-state index is -4.58. The van der Waals surface area contributed by atoms with Crippen molar-refractivity contribution < 1.29 is 17.9 Å². The van der Waals surface area contributed by atoms with Crippen LogP contribution in [-0.2, 0) is 6.18 Å². The van der Waals surface area contributed by atoms with Gasteiger partial charge in [0, 0.05) is 17.5 Å². The summed E-state index contributed by atoms with van der Waals surface area (Å²) in [5.74, 6) is 0.435. The average Bonchev–Trinajstić information content (AvgIpc) is 2.89. The molecule has 0 radical (unpaired) electrons. The predicted octanol–water partition coefficient (Wildman–Crippen LogP) is 3.74. The van der Waals surface area contributed by atoms with Crippen LogP contribution in [0.5, 0.6) is 5.75 Å². The van der Waals surface area contributed by atoms with Crippen LogP contribution in [0.3, 0.4) is 0 Å². The summed E-state index contributed by atoms with van der Waals surface area (Å²) in [5.41, 5.74) is 13.1. The monoisotopic (exact) mass is 377 g/mol. The van der Waals surface area contributed by atoms with E-state index in [-0.39, 0.29) is 22.9 Å². The first-order chi connectivity index (χ1) is 12.6. The van der Waals surface area contributed by atoms with Gasteiger partial charge in [0.15, 0.2) is 0 Å². The number of aromatic nitrogens is 3. The second-order valence-corrected chi connectivity index (χ2v) is 5.99. The molecule has 0 saturated heterocycles. The molecule has 0 aliphatic rings. The van der Waals surface area contributed by atoms with Crippen LogP contribution in [0.25, 0.3) is 17.1 Å². The molecule has 0 spiro atoms. The maximum atomic E-state index is 13.4. The van der Waals surface area contributed by atoms with Crippen molar-refractivity contribution in [1.82, 2.24) is 14.5 Å². The Labute approximate surface area is 153 Å². The third-order valence-electron chi connectivity index (χ3n) is 4.25. The Kier molecular flexibility index (Phi) is 4.46. The van der Waals surface area contributed by atoms with E-state index in [2.05, 4.69) is 9.97 Å². The lowest BCUT2D eigenvalue weighted by atomic mass is 10.1. The molecule has 4 N–H and O–H groups in total. The fourth-order valence-corrected chi connectivity index (χ4v) is 2.82. The second kappa shape index (κ2) is 6.49. The number of nitrogens with zero attached hydrogens (tertiary/aromatic N) is 3. The van der Waals surface area contributed by atoms with E-state index in [1.165, 1.54) is 11.7 Å². The molecule has 2 heterocycles. The molecule has 3 rings (SSSR count). The molecule has 6 nitrogen and oxygen atoms in total. The quantitative estimate of drug-likeness (QED) is 0.679. The molecule has 0 amide bonds. The lowest BCUT2D eigenvalue weighted by molar-refractivity contribution is -0.137. The van der Waals surface area contributed by atoms with Crippen molar-refractivity contribution in [3.8, 4) is 22.8 Å². The van der Waals surface area contributed by atoms with Gasteiger partial charge in [0.2, 0.25) is 0 Å². The largest absolute Gasteiger partial charge is 0.495 e. The zero-order valence-electron chi connectivity index (χ0n) is 14.9. The molecule has 3 aromatic rings. The topological polar surface area (TPSA) is 92.0 Å². The summed E-state index contributed by atoms with van der Waals surface area (Å²) in [6, 6.07) is 5.27. The molecule has 2 aromatic heterocycles. The summed E-state index contributed by atoms with van der Waals surface area (Å²) in [4.78, 5) is 8.64. The van der Waals surface area contributed by atoms with E-state index in [0.29, 0.717) is 22.8 Å². The summed E-state index contributed by atoms with van der Waals surface area (Å²) in [7, 11) is 1.25. The number of anilines is 2. The fraction of sp³-hybridized carbons (Fsp3) is 0.222. The van der Waals surface area contributed by atoms with Gasteiger partial charge in [-0.15, -0.1) is 0 Å². The summed E-state index contributed by atoms with van der Waals surface area (Å²) in [6.45, 7) is 3.44. The smallest absolute Gasteiger partial charge is 0.416 e. The van der Waals surface area contributed by atoms with Crippen LogP contribution in [0, 0.1) is 13.8 Å². The number of ether oxygens (including phenoxy) is 1. The van der Waals surface area contributed by atoms with E-state index in [1.54, 1.807) is 32.2 Å². The van der Waals surface area contributed by atoms with Crippen molar-refractivity contribution in [1.29, 1.82) is 0 Å². The van der Waals surface area contributed by atoms with E-state index in [4.69, 9.17) is 16.2 Å². The summed E-state index contributed by atoms with van der Waals surface area (Å²) >= 11 is 0. The number of imidazole rings is 1. The van der Waals surface area contributed by atoms with Crippen LogP contribution in [0.2, 0.25) is 0 Å². The summed E-state index contributed by atoms with van der Waals surface area (Å²) in [6.07, 6.45) is -2.96. The number of pyridine rings is 1. The number of hydrogen-bond acceptors (Lipinski definition) is 5. The van der Waals surface area contributed by atoms with Crippen LogP contribution in [-0.4, -0.2) is 21.6 Å². The van der Waals surface area contributed by atoms with Crippen molar-refractivity contribution in [2.75, 3.05) is 18.6 Å². The highest BCUT2D eigenvalue weighted by Crippen LogP contribution is 2.40. The summed E-state index contributed by atoms with van der Waals surface area (Å²) in [5, 5.41) is 0. The Morgan fingerprint density at radius 1 is 1.11 bits per heavy atom. The zero-order valence-corrected chi connectivity index (χ0v) is 14.9. The Morgan fingerprint density at radius 3 is 2.41 bits per heavy atom. The van der Waals surface area contributed by atoms with E-state index in [9.17, 15) is 13.2 Å². The molecule has 9 heteroatoms. The third-order valence-corrected chi connectivity index (χ3v) is 4.25. The number of aryl methyl sites for hydroxylation is 2. The number of methoxy groups -OCH3 is 1. The van der Waals surface area contributed by atoms with E-state index in [0.717, 1.165) is 12.1 Å². The van der Waals surface area contributed by atoms with Crippen LogP contribution >= 0.6 is 0 Å². The zero-order chi connectivity index (χ0) is 19.9. The highest BCUT2D eigenvalue weighted by atomic mass is 19.4. The lowest BCUT2D eigenvalue weighted by Crippen LogP contribution is -2.12. The Balaban J connectivity index is 2.37. The number of nitrogens with two attached hydrogens (primary N) is 2. The Morgan fingerprint density at radius 2 is 1.81 bits per heavy atom. The van der Waals surface area contributed by atoms with Gasteiger partial charge in [-0.25, -0.2) is 4.98 Å². The number of alkyl halides is 3. The standard InChI is InChI=1S/C18H18F3N5O/c1-9-12(5-4-6-24-9)17-25-10(2)16(23)26(17)13-7-11(18(19,20)21)8-14(27-3)15(13)22/h4-8H,22-23H2,1-3H3. The van der Waals surface area contributed by atoms with Gasteiger partial charge in [-0.1, -0.05) is 0 Å². The second-order valence-electron chi connectivity index (χ2n) is 5.99. The molecule has 0 atom stereocenters. The molecule has 1 aromatic carbocycles. The molecule has 27 heavy (non-hydrogen) atoms. The molecule has 142 valence electrons. The minimum absolute atomic E-state index is 0.0254. The Bertz CT molecular complexity index is 1010. The molecular formula is C18H18F3N5O. The molecular weight excluding hydrogens is 359 g/mol. The molecule has 0 unspecified atom stereocenters. The first-order valence-corrected chi connectivity index (χ1v) is 7.97. The highest BCUT2D eigenvalue weighted by Gasteiger charge is 2.33. The SMILES string of the molecule is COc1cc(C(F)(F)F)cc(-n2c(-c3cccnc3C)nc(C)c2N)c1N. The van der Waals surface area contributed by atoms with Gasteiger partial charge in [-0.3, -0.25) is 9.55 Å². The fourth-order valence-electron chi connectivity index (χ4n) is 2.82. The number of halogens is 3. The number of hydrogen-bond donors (Lipinski definition) is 2. The van der Waals surface area contributed by atoms with Crippen molar-refractivity contribution in [2.45, 2.75) is 20.0 Å². The van der Waals surface area contributed by atoms with Crippen molar-refractivity contribution in [2.24, 2.45) is 0 Å². The van der Waals surface area contributed by atoms with E-state index < -0.39 is 11.7 Å². The minimum Gasteiger partial charge on any atom is -0.495 e. The molecule has 0 aliphatic heterocycles. The van der Waals surface area contributed by atoms with Crippen LogP contribution in [0.1, 0.15) is 17.0 Å². The maximum Gasteiger partial charge on any atom is 0.416 e. The van der Waals surface area contributed by atoms with E-state index in [1.807, 2.05) is 0 Å². The molecule has 0 fully saturated rings. The van der Waals surface area contributed by atoms with Gasteiger partial charge in [0.05, 0.1) is 29.7 Å². The summed E-state index contributed by atoms with van der Waals surface area (Å²) < 4.78 is 46.5. The average molecular weight is 377 g/mol. The number of nitrogen functional groups attached to an aromatic ring is 2. The number of rotatable bonds is 3. The normalized spacial score (nSPS) is 11.6. The van der Waals surface area contributed by atoms with Gasteiger partial charge in [0.1, 0.15) is 17.4 Å². The Hall–Kier alpha value is -3.23.